The van der Waals surface area contributed by atoms with Crippen molar-refractivity contribution in [2.24, 2.45) is 0 Å². The highest BCUT2D eigenvalue weighted by molar-refractivity contribution is 8.03. The Labute approximate surface area is 327 Å². The van der Waals surface area contributed by atoms with E-state index in [1.165, 1.54) is 105 Å². The van der Waals surface area contributed by atoms with E-state index in [-0.39, 0.29) is 71.9 Å². The van der Waals surface area contributed by atoms with Crippen molar-refractivity contribution in [3.8, 4) is 0 Å². The molecule has 2 aromatic carbocycles. The summed E-state index contributed by atoms with van der Waals surface area (Å²) in [6.07, 6.45) is 9.38. The smallest absolute Gasteiger partial charge is 0.262 e. The fourth-order valence-corrected chi connectivity index (χ4v) is 8.65. The van der Waals surface area contributed by atoms with Gasteiger partial charge in [0.25, 0.3) is 5.01 Å². The highest BCUT2D eigenvalue weighted by Crippen LogP contribution is 2.45. The SMILES string of the molecule is CC[N+](CC)(CC)CCCN1/C(=C\C=C\c2sc3ccccc3[n+]2CCC[N+](CC)(CC)CC)Sc2ccccc21.[I-].[I-].[I-]. The lowest BCUT2D eigenvalue weighted by Crippen LogP contribution is -3.00. The van der Waals surface area contributed by atoms with E-state index in [4.69, 9.17) is 0 Å². The van der Waals surface area contributed by atoms with E-state index >= 15 is 0 Å². The summed E-state index contributed by atoms with van der Waals surface area (Å²) < 4.78 is 6.34. The van der Waals surface area contributed by atoms with E-state index in [2.05, 4.69) is 118 Å². The summed E-state index contributed by atoms with van der Waals surface area (Å²) >= 11 is 3.83. The minimum absolute atomic E-state index is 0. The van der Waals surface area contributed by atoms with Gasteiger partial charge in [-0.2, -0.15) is 4.57 Å². The lowest BCUT2D eigenvalue weighted by molar-refractivity contribution is -0.925. The summed E-state index contributed by atoms with van der Waals surface area (Å²) in [6.45, 7) is 26.0. The number of nitrogens with zero attached hydrogens (tertiary/aromatic N) is 4. The molecule has 9 heteroatoms. The Hall–Kier alpha value is 0.0700. The molecule has 0 fully saturated rings. The van der Waals surface area contributed by atoms with Crippen molar-refractivity contribution >= 4 is 45.1 Å². The topological polar surface area (TPSA) is 7.12 Å². The number of fused-ring (bicyclic) bond motifs is 2. The average molecular weight is 975 g/mol. The van der Waals surface area contributed by atoms with Crippen molar-refractivity contribution in [1.82, 2.24) is 0 Å². The van der Waals surface area contributed by atoms with Gasteiger partial charge in [-0.3, -0.25) is 0 Å². The van der Waals surface area contributed by atoms with Crippen molar-refractivity contribution in [1.29, 1.82) is 0 Å². The Kier molecular flexibility index (Phi) is 19.6. The van der Waals surface area contributed by atoms with Crippen LogP contribution in [0.1, 0.15) is 59.4 Å². The number of thiazole rings is 1. The number of benzene rings is 2. The number of rotatable bonds is 16. The summed E-state index contributed by atoms with van der Waals surface area (Å²) in [5, 5.41) is 2.68. The maximum absolute atomic E-state index is 2.55. The summed E-state index contributed by atoms with van der Waals surface area (Å²) in [5.74, 6) is 0. The molecule has 0 saturated heterocycles. The van der Waals surface area contributed by atoms with Crippen molar-refractivity contribution < 1.29 is 85.5 Å². The van der Waals surface area contributed by atoms with Gasteiger partial charge < -0.3 is 85.8 Å². The van der Waals surface area contributed by atoms with Gasteiger partial charge in [0.15, 0.2) is 6.54 Å². The van der Waals surface area contributed by atoms with Crippen molar-refractivity contribution in [2.75, 3.05) is 63.8 Å². The van der Waals surface area contributed by atoms with Gasteiger partial charge in [0.1, 0.15) is 4.70 Å². The molecule has 0 spiro atoms. The van der Waals surface area contributed by atoms with Crippen LogP contribution in [0.15, 0.2) is 70.6 Å². The molecule has 0 aliphatic carbocycles. The number of aryl methyl sites for hydroxylation is 1. The number of anilines is 1. The molecule has 1 aromatic heterocycles. The molecule has 2 heterocycles. The van der Waals surface area contributed by atoms with Crippen molar-refractivity contribution in [3.05, 3.63) is 70.7 Å². The first kappa shape index (κ1) is 42.1. The van der Waals surface area contributed by atoms with Gasteiger partial charge in [-0.1, -0.05) is 53.4 Å². The molecule has 44 heavy (non-hydrogen) atoms. The molecule has 0 unspecified atom stereocenters. The van der Waals surface area contributed by atoms with Gasteiger partial charge in [-0.15, -0.1) is 0 Å². The summed E-state index contributed by atoms with van der Waals surface area (Å²) in [5.41, 5.74) is 2.72. The molecule has 4 nitrogen and oxygen atoms in total. The fraction of sp³-hybridized carbons (Fsp3) is 0.514. The van der Waals surface area contributed by atoms with E-state index in [0.717, 1.165) is 13.1 Å². The quantitative estimate of drug-likeness (QED) is 0.106. The van der Waals surface area contributed by atoms with Crippen LogP contribution < -0.4 is 81.4 Å². The molecule has 0 saturated carbocycles. The maximum Gasteiger partial charge on any atom is 0.262 e. The number of thioether (sulfide) groups is 1. The molecular weight excluding hydrogens is 921 g/mol. The van der Waals surface area contributed by atoms with Gasteiger partial charge in [0, 0.05) is 30.0 Å². The first-order valence-corrected chi connectivity index (χ1v) is 17.6. The molecule has 1 aliphatic heterocycles. The van der Waals surface area contributed by atoms with Gasteiger partial charge in [0.2, 0.25) is 5.52 Å². The van der Waals surface area contributed by atoms with Crippen LogP contribution in [0.25, 0.3) is 16.3 Å². The van der Waals surface area contributed by atoms with Crippen LogP contribution in [0.4, 0.5) is 5.69 Å². The largest absolute Gasteiger partial charge is 1.00 e. The zero-order valence-corrected chi connectivity index (χ0v) is 35.7. The predicted molar refractivity (Wildman–Crippen MR) is 182 cm³/mol. The van der Waals surface area contributed by atoms with Crippen LogP contribution in [0.3, 0.4) is 0 Å². The van der Waals surface area contributed by atoms with Crippen molar-refractivity contribution in [3.63, 3.8) is 0 Å². The van der Waals surface area contributed by atoms with Crippen LogP contribution in [0.5, 0.6) is 0 Å². The fourth-order valence-electron chi connectivity index (χ4n) is 6.45. The van der Waals surface area contributed by atoms with Crippen LogP contribution >= 0.6 is 23.1 Å². The summed E-state index contributed by atoms with van der Waals surface area (Å²) in [4.78, 5) is 3.92. The Morgan fingerprint density at radius 3 is 1.93 bits per heavy atom. The van der Waals surface area contributed by atoms with Gasteiger partial charge in [-0.25, -0.2) is 0 Å². The van der Waals surface area contributed by atoms with Gasteiger partial charge in [0.05, 0.1) is 69.5 Å². The normalized spacial score (nSPS) is 14.0. The zero-order chi connectivity index (χ0) is 29.3. The molecule has 0 bridgehead atoms. The Morgan fingerprint density at radius 1 is 0.727 bits per heavy atom. The number of aromatic nitrogens is 1. The third-order valence-corrected chi connectivity index (χ3v) is 12.1. The monoisotopic (exact) mass is 974 g/mol. The maximum atomic E-state index is 2.55. The number of quaternary nitrogens is 2. The predicted octanol–water partition coefficient (Wildman–Crippen LogP) is -0.799. The average Bonchev–Trinajstić information content (AvgIpc) is 3.55. The van der Waals surface area contributed by atoms with E-state index in [0.29, 0.717) is 0 Å². The molecular formula is C35H53I3N4S2. The second-order valence-electron chi connectivity index (χ2n) is 11.4. The zero-order valence-electron chi connectivity index (χ0n) is 27.6. The number of hydrogen-bond acceptors (Lipinski definition) is 3. The van der Waals surface area contributed by atoms with Crippen LogP contribution in [0.2, 0.25) is 0 Å². The third-order valence-electron chi connectivity index (χ3n) is 9.80. The molecule has 0 N–H and O–H groups in total. The third kappa shape index (κ3) is 10.0. The molecule has 246 valence electrons. The molecule has 0 radical (unpaired) electrons. The summed E-state index contributed by atoms with van der Waals surface area (Å²) in [6, 6.07) is 17.8. The lowest BCUT2D eigenvalue weighted by atomic mass is 10.2. The van der Waals surface area contributed by atoms with E-state index < -0.39 is 0 Å². The Balaban J connectivity index is 0.00000323. The molecule has 0 atom stereocenters. The first-order chi connectivity index (χ1) is 20.0. The Morgan fingerprint density at radius 2 is 1.30 bits per heavy atom. The highest BCUT2D eigenvalue weighted by Gasteiger charge is 2.27. The van der Waals surface area contributed by atoms with Crippen molar-refractivity contribution in [2.45, 2.75) is 65.8 Å². The molecule has 3 aromatic rings. The number of para-hydroxylation sites is 2. The van der Waals surface area contributed by atoms with E-state index in [1.807, 2.05) is 23.1 Å². The van der Waals surface area contributed by atoms with Gasteiger partial charge >= 0.3 is 0 Å². The van der Waals surface area contributed by atoms with Crippen LogP contribution in [-0.4, -0.2) is 67.9 Å². The number of allylic oxidation sites excluding steroid dienone is 2. The Bertz CT molecular complexity index is 1320. The van der Waals surface area contributed by atoms with Crippen LogP contribution in [0, 0.1) is 0 Å². The van der Waals surface area contributed by atoms with E-state index in [9.17, 15) is 0 Å². The lowest BCUT2D eigenvalue weighted by Gasteiger charge is -2.36. The van der Waals surface area contributed by atoms with E-state index in [1.54, 1.807) is 0 Å². The van der Waals surface area contributed by atoms with Gasteiger partial charge in [-0.05, 0) is 65.8 Å². The second kappa shape index (κ2) is 20.4. The molecule has 1 aliphatic rings. The standard InChI is InChI=1S/C35H53N4S2.3HI/c1-7-38(8-2,9-3)28-18-26-36-30-20-13-15-22-32(30)40-34(36)24-17-25-35-37(31-21-14-16-23-33(31)41-35)27-19-29-39(10-4,11-5)12-6;;;/h13-17,20-25H,7-12,18-19,26-29H2,1-6H3;3*1H/q+3;;;/p-3. The summed E-state index contributed by atoms with van der Waals surface area (Å²) in [7, 11) is 0. The highest BCUT2D eigenvalue weighted by atomic mass is 127. The minimum Gasteiger partial charge on any atom is -1.00 e. The van der Waals surface area contributed by atoms with Crippen LogP contribution in [-0.2, 0) is 6.54 Å². The number of hydrogen-bond donors (Lipinski definition) is 0. The minimum atomic E-state index is 0. The first-order valence-electron chi connectivity index (χ1n) is 16.0. The second-order valence-corrected chi connectivity index (χ2v) is 13.5. The molecule has 4 rings (SSSR count). The molecule has 0 amide bonds. The number of halogens is 3.